The first kappa shape index (κ1) is 16.0. The highest BCUT2D eigenvalue weighted by molar-refractivity contribution is 6.70. The molecule has 0 heterocycles. The minimum Gasteiger partial charge on any atom is -0.544 e. The van der Waals surface area contributed by atoms with E-state index in [4.69, 9.17) is 15.3 Å². The first-order chi connectivity index (χ1) is 8.50. The fourth-order valence-corrected chi connectivity index (χ4v) is 2.34. The SMILES string of the molecule is C[Si](C)(C)Oc1ccc([C@@H](N)[C@@H](O)C(F)(F)F)cc1. The van der Waals surface area contributed by atoms with Crippen LogP contribution < -0.4 is 10.2 Å². The number of hydrogen-bond donors (Lipinski definition) is 2. The summed E-state index contributed by atoms with van der Waals surface area (Å²) in [7, 11) is -1.75. The van der Waals surface area contributed by atoms with Crippen molar-refractivity contribution in [2.75, 3.05) is 0 Å². The van der Waals surface area contributed by atoms with Gasteiger partial charge in [0, 0.05) is 0 Å². The summed E-state index contributed by atoms with van der Waals surface area (Å²) in [4.78, 5) is 0. The Hall–Kier alpha value is -1.05. The maximum Gasteiger partial charge on any atom is 0.416 e. The summed E-state index contributed by atoms with van der Waals surface area (Å²) in [6, 6.07) is 4.51. The second kappa shape index (κ2) is 5.52. The lowest BCUT2D eigenvalue weighted by molar-refractivity contribution is -0.210. The zero-order chi connectivity index (χ0) is 14.8. The van der Waals surface area contributed by atoms with Gasteiger partial charge in [-0.15, -0.1) is 0 Å². The molecule has 0 bridgehead atoms. The Morgan fingerprint density at radius 3 is 2.00 bits per heavy atom. The lowest BCUT2D eigenvalue weighted by Gasteiger charge is -2.23. The van der Waals surface area contributed by atoms with E-state index in [1.165, 1.54) is 12.1 Å². The van der Waals surface area contributed by atoms with Gasteiger partial charge >= 0.3 is 6.18 Å². The second-order valence-electron chi connectivity index (χ2n) is 5.30. The zero-order valence-corrected chi connectivity index (χ0v) is 12.0. The van der Waals surface area contributed by atoms with Crippen molar-refractivity contribution in [1.29, 1.82) is 0 Å². The number of aliphatic hydroxyl groups excluding tert-OH is 1. The number of alkyl halides is 3. The van der Waals surface area contributed by atoms with Gasteiger partial charge in [0.1, 0.15) is 5.75 Å². The molecule has 0 unspecified atom stereocenters. The highest BCUT2D eigenvalue weighted by Gasteiger charge is 2.42. The van der Waals surface area contributed by atoms with Crippen LogP contribution in [-0.4, -0.2) is 25.7 Å². The van der Waals surface area contributed by atoms with Crippen molar-refractivity contribution >= 4 is 8.32 Å². The van der Waals surface area contributed by atoms with Gasteiger partial charge in [0.15, 0.2) is 6.10 Å². The van der Waals surface area contributed by atoms with Crippen LogP contribution in [0.5, 0.6) is 5.75 Å². The van der Waals surface area contributed by atoms with Gasteiger partial charge < -0.3 is 15.3 Å². The third-order valence-corrected chi connectivity index (χ3v) is 3.21. The van der Waals surface area contributed by atoms with E-state index in [-0.39, 0.29) is 5.56 Å². The summed E-state index contributed by atoms with van der Waals surface area (Å²) in [5.41, 5.74) is 5.62. The van der Waals surface area contributed by atoms with Gasteiger partial charge in [-0.05, 0) is 37.3 Å². The molecule has 1 rings (SSSR count). The van der Waals surface area contributed by atoms with Crippen molar-refractivity contribution in [3.63, 3.8) is 0 Å². The second-order valence-corrected chi connectivity index (χ2v) is 9.72. The molecule has 0 fully saturated rings. The summed E-state index contributed by atoms with van der Waals surface area (Å²) in [6.07, 6.45) is -7.30. The van der Waals surface area contributed by atoms with Crippen molar-refractivity contribution in [2.24, 2.45) is 5.73 Å². The molecule has 0 aliphatic rings. The highest BCUT2D eigenvalue weighted by Crippen LogP contribution is 2.29. The third kappa shape index (κ3) is 4.85. The quantitative estimate of drug-likeness (QED) is 0.839. The van der Waals surface area contributed by atoms with Crippen molar-refractivity contribution in [2.45, 2.75) is 38.0 Å². The first-order valence-corrected chi connectivity index (χ1v) is 9.21. The Labute approximate surface area is 111 Å². The minimum atomic E-state index is -4.73. The van der Waals surface area contributed by atoms with Crippen molar-refractivity contribution in [1.82, 2.24) is 0 Å². The van der Waals surface area contributed by atoms with Gasteiger partial charge in [-0.25, -0.2) is 0 Å². The van der Waals surface area contributed by atoms with Crippen molar-refractivity contribution in [3.05, 3.63) is 29.8 Å². The molecule has 0 saturated carbocycles. The average molecular weight is 293 g/mol. The Morgan fingerprint density at radius 1 is 1.16 bits per heavy atom. The van der Waals surface area contributed by atoms with Gasteiger partial charge in [-0.2, -0.15) is 13.2 Å². The molecule has 0 aliphatic carbocycles. The van der Waals surface area contributed by atoms with E-state index in [0.717, 1.165) is 0 Å². The van der Waals surface area contributed by atoms with Gasteiger partial charge in [0.05, 0.1) is 6.04 Å². The first-order valence-electron chi connectivity index (χ1n) is 5.80. The minimum absolute atomic E-state index is 0.216. The van der Waals surface area contributed by atoms with E-state index in [0.29, 0.717) is 5.75 Å². The monoisotopic (exact) mass is 293 g/mol. The van der Waals surface area contributed by atoms with Gasteiger partial charge in [0.25, 0.3) is 0 Å². The Balaban J connectivity index is 2.82. The molecule has 7 heteroatoms. The smallest absolute Gasteiger partial charge is 0.416 e. The molecule has 2 atom stereocenters. The fourth-order valence-electron chi connectivity index (χ4n) is 1.50. The Morgan fingerprint density at radius 2 is 1.63 bits per heavy atom. The molecule has 0 aromatic heterocycles. The van der Waals surface area contributed by atoms with E-state index in [2.05, 4.69) is 0 Å². The molecule has 108 valence electrons. The zero-order valence-electron chi connectivity index (χ0n) is 11.0. The summed E-state index contributed by atoms with van der Waals surface area (Å²) in [6.45, 7) is 6.00. The average Bonchev–Trinajstić information content (AvgIpc) is 2.24. The maximum absolute atomic E-state index is 12.3. The lowest BCUT2D eigenvalue weighted by atomic mass is 10.0. The van der Waals surface area contributed by atoms with Crippen LogP contribution in [0.1, 0.15) is 11.6 Å². The maximum atomic E-state index is 12.3. The number of hydrogen-bond acceptors (Lipinski definition) is 3. The molecular weight excluding hydrogens is 275 g/mol. The van der Waals surface area contributed by atoms with Crippen LogP contribution in [0.4, 0.5) is 13.2 Å². The highest BCUT2D eigenvalue weighted by atomic mass is 28.4. The van der Waals surface area contributed by atoms with Gasteiger partial charge in [0.2, 0.25) is 8.32 Å². The van der Waals surface area contributed by atoms with Crippen LogP contribution in [-0.2, 0) is 0 Å². The van der Waals surface area contributed by atoms with Gasteiger partial charge in [-0.3, -0.25) is 0 Å². The standard InChI is InChI=1S/C12H18F3NO2Si/c1-19(2,3)18-9-6-4-8(5-7-9)10(16)11(17)12(13,14)15/h4-7,10-11,17H,16H2,1-3H3/t10-,11-/m1/s1. The molecule has 1 aromatic rings. The van der Waals surface area contributed by atoms with Crippen LogP contribution >= 0.6 is 0 Å². The largest absolute Gasteiger partial charge is 0.544 e. The number of nitrogens with two attached hydrogens (primary N) is 1. The van der Waals surface area contributed by atoms with Crippen LogP contribution in [0.3, 0.4) is 0 Å². The van der Waals surface area contributed by atoms with E-state index >= 15 is 0 Å². The van der Waals surface area contributed by atoms with Crippen molar-refractivity contribution < 1.29 is 22.7 Å². The van der Waals surface area contributed by atoms with Crippen LogP contribution in [0.15, 0.2) is 24.3 Å². The predicted octanol–water partition coefficient (Wildman–Crippen LogP) is 2.82. The number of aliphatic hydroxyl groups is 1. The molecule has 0 amide bonds. The summed E-state index contributed by atoms with van der Waals surface area (Å²) < 4.78 is 42.7. The van der Waals surface area contributed by atoms with E-state index in [9.17, 15) is 13.2 Å². The molecule has 0 aliphatic heterocycles. The number of rotatable bonds is 4. The Kier molecular flexibility index (Phi) is 4.65. The molecular formula is C12H18F3NO2Si. The van der Waals surface area contributed by atoms with Crippen LogP contribution in [0, 0.1) is 0 Å². The topological polar surface area (TPSA) is 55.5 Å². The Bertz CT molecular complexity index is 414. The van der Waals surface area contributed by atoms with Gasteiger partial charge in [-0.1, -0.05) is 12.1 Å². The summed E-state index contributed by atoms with van der Waals surface area (Å²) in [5.74, 6) is 0.594. The normalized spacial score (nSPS) is 16.0. The predicted molar refractivity (Wildman–Crippen MR) is 69.4 cm³/mol. The van der Waals surface area contributed by atoms with E-state index in [1.54, 1.807) is 12.1 Å². The fraction of sp³-hybridized carbons (Fsp3) is 0.500. The molecule has 3 N–H and O–H groups in total. The molecule has 3 nitrogen and oxygen atoms in total. The molecule has 0 radical (unpaired) electrons. The van der Waals surface area contributed by atoms with Crippen LogP contribution in [0.25, 0.3) is 0 Å². The van der Waals surface area contributed by atoms with E-state index < -0.39 is 26.6 Å². The van der Waals surface area contributed by atoms with Crippen LogP contribution in [0.2, 0.25) is 19.6 Å². The number of halogens is 3. The molecule has 0 spiro atoms. The summed E-state index contributed by atoms with van der Waals surface area (Å²) >= 11 is 0. The molecule has 19 heavy (non-hydrogen) atoms. The lowest BCUT2D eigenvalue weighted by Crippen LogP contribution is -2.38. The number of benzene rings is 1. The molecule has 1 aromatic carbocycles. The van der Waals surface area contributed by atoms with Crippen molar-refractivity contribution in [3.8, 4) is 5.75 Å². The summed E-state index contributed by atoms with van der Waals surface area (Å²) in [5, 5.41) is 9.09. The molecule has 0 saturated heterocycles. The van der Waals surface area contributed by atoms with E-state index in [1.807, 2.05) is 19.6 Å². The third-order valence-electron chi connectivity index (χ3n) is 2.36.